The molecule has 0 saturated heterocycles. The zero-order chi connectivity index (χ0) is 11.3. The van der Waals surface area contributed by atoms with E-state index >= 15 is 0 Å². The molecule has 1 atom stereocenters. The summed E-state index contributed by atoms with van der Waals surface area (Å²) in [6.45, 7) is 6.58. The maximum Gasteiger partial charge on any atom is 0.0483 e. The molecule has 0 aliphatic carbocycles. The lowest BCUT2D eigenvalue weighted by atomic mass is 9.94. The van der Waals surface area contributed by atoms with Crippen molar-refractivity contribution in [2.45, 2.75) is 26.3 Å². The molecular weight excluding hydrogens is 196 g/mol. The zero-order valence-electron chi connectivity index (χ0n) is 10.2. The van der Waals surface area contributed by atoms with Crippen molar-refractivity contribution >= 4 is 10.9 Å². The Bertz CT molecular complexity index is 551. The molecule has 2 heterocycles. The second-order valence-corrected chi connectivity index (χ2v) is 4.97. The first kappa shape index (κ1) is 9.91. The number of benzene rings is 1. The van der Waals surface area contributed by atoms with E-state index in [1.54, 1.807) is 5.56 Å². The third kappa shape index (κ3) is 1.23. The Morgan fingerprint density at radius 3 is 3.00 bits per heavy atom. The molecule has 0 saturated carbocycles. The van der Waals surface area contributed by atoms with Gasteiger partial charge in [-0.25, -0.2) is 0 Å². The molecule has 1 unspecified atom stereocenters. The van der Waals surface area contributed by atoms with Gasteiger partial charge in [0, 0.05) is 36.7 Å². The molecule has 3 rings (SSSR count). The first-order valence-electron chi connectivity index (χ1n) is 5.97. The predicted octanol–water partition coefficient (Wildman–Crippen LogP) is 2.69. The monoisotopic (exact) mass is 214 g/mol. The van der Waals surface area contributed by atoms with Crippen molar-refractivity contribution < 1.29 is 0 Å². The molecule has 0 fully saturated rings. The molecule has 1 aromatic carbocycles. The van der Waals surface area contributed by atoms with E-state index in [-0.39, 0.29) is 0 Å². The van der Waals surface area contributed by atoms with Crippen molar-refractivity contribution in [3.05, 3.63) is 35.0 Å². The van der Waals surface area contributed by atoms with E-state index in [1.807, 2.05) is 0 Å². The minimum atomic E-state index is 0.620. The molecule has 0 amide bonds. The summed E-state index contributed by atoms with van der Waals surface area (Å²) < 4.78 is 2.34. The smallest absolute Gasteiger partial charge is 0.0483 e. The van der Waals surface area contributed by atoms with Crippen LogP contribution in [0.2, 0.25) is 0 Å². The molecule has 16 heavy (non-hydrogen) atoms. The number of rotatable bonds is 0. The molecule has 1 N–H and O–H groups in total. The van der Waals surface area contributed by atoms with Crippen LogP contribution >= 0.6 is 0 Å². The van der Waals surface area contributed by atoms with Gasteiger partial charge in [0.2, 0.25) is 0 Å². The second kappa shape index (κ2) is 3.36. The Kier molecular flexibility index (Phi) is 2.08. The Labute approximate surface area is 96.3 Å². The maximum atomic E-state index is 3.49. The summed E-state index contributed by atoms with van der Waals surface area (Å²) in [7, 11) is 2.18. The fraction of sp³-hybridized carbons (Fsp3) is 0.429. The highest BCUT2D eigenvalue weighted by molar-refractivity contribution is 5.87. The van der Waals surface area contributed by atoms with Crippen molar-refractivity contribution in [2.75, 3.05) is 6.54 Å². The average Bonchev–Trinajstić information content (AvgIpc) is 2.54. The number of aromatic nitrogens is 1. The molecule has 84 valence electrons. The molecule has 2 nitrogen and oxygen atoms in total. The summed E-state index contributed by atoms with van der Waals surface area (Å²) >= 11 is 0. The minimum Gasteiger partial charge on any atom is -0.346 e. The van der Waals surface area contributed by atoms with Gasteiger partial charge in [0.1, 0.15) is 0 Å². The minimum absolute atomic E-state index is 0.620. The highest BCUT2D eigenvalue weighted by Gasteiger charge is 2.22. The fourth-order valence-corrected chi connectivity index (χ4v) is 2.91. The highest BCUT2D eigenvalue weighted by atomic mass is 15.0. The summed E-state index contributed by atoms with van der Waals surface area (Å²) in [5.41, 5.74) is 5.73. The molecule has 0 bridgehead atoms. The predicted molar refractivity (Wildman–Crippen MR) is 67.8 cm³/mol. The van der Waals surface area contributed by atoms with E-state index in [0.717, 1.165) is 13.1 Å². The van der Waals surface area contributed by atoms with E-state index < -0.39 is 0 Å². The molecule has 2 aromatic rings. The lowest BCUT2D eigenvalue weighted by Crippen LogP contribution is -2.27. The summed E-state index contributed by atoms with van der Waals surface area (Å²) in [5.74, 6) is 0.620. The summed E-state index contributed by atoms with van der Waals surface area (Å²) in [6.07, 6.45) is 0. The van der Waals surface area contributed by atoms with E-state index in [2.05, 4.69) is 49.0 Å². The van der Waals surface area contributed by atoms with Crippen LogP contribution in [-0.4, -0.2) is 11.1 Å². The molecule has 1 aliphatic heterocycles. The molecule has 1 aliphatic rings. The van der Waals surface area contributed by atoms with E-state index in [1.165, 1.54) is 22.2 Å². The van der Waals surface area contributed by atoms with Gasteiger partial charge < -0.3 is 9.88 Å². The normalized spacial score (nSPS) is 20.1. The Hall–Kier alpha value is -1.28. The van der Waals surface area contributed by atoms with Crippen molar-refractivity contribution in [3.63, 3.8) is 0 Å². The number of hydrogen-bond acceptors (Lipinski definition) is 1. The van der Waals surface area contributed by atoms with E-state index in [4.69, 9.17) is 0 Å². The van der Waals surface area contributed by atoms with Crippen LogP contribution in [0.3, 0.4) is 0 Å². The SMILES string of the molecule is Cc1ccc2c(c1)c1c(n2C)CNCC1C. The number of nitrogens with zero attached hydrogens (tertiary/aromatic N) is 1. The topological polar surface area (TPSA) is 17.0 Å². The van der Waals surface area contributed by atoms with Gasteiger partial charge in [0.25, 0.3) is 0 Å². The largest absolute Gasteiger partial charge is 0.346 e. The molecule has 1 aromatic heterocycles. The van der Waals surface area contributed by atoms with Crippen molar-refractivity contribution in [3.8, 4) is 0 Å². The Morgan fingerprint density at radius 1 is 1.38 bits per heavy atom. The summed E-state index contributed by atoms with van der Waals surface area (Å²) in [4.78, 5) is 0. The van der Waals surface area contributed by atoms with Crippen LogP contribution in [0.25, 0.3) is 10.9 Å². The average molecular weight is 214 g/mol. The lowest BCUT2D eigenvalue weighted by Gasteiger charge is -2.21. The van der Waals surface area contributed by atoms with Crippen LogP contribution in [0.4, 0.5) is 0 Å². The van der Waals surface area contributed by atoms with E-state index in [9.17, 15) is 0 Å². The van der Waals surface area contributed by atoms with Crippen molar-refractivity contribution in [2.24, 2.45) is 7.05 Å². The Balaban J connectivity index is 2.40. The number of hydrogen-bond donors (Lipinski definition) is 1. The van der Waals surface area contributed by atoms with Gasteiger partial charge in [-0.1, -0.05) is 18.6 Å². The quantitative estimate of drug-likeness (QED) is 0.713. The van der Waals surface area contributed by atoms with Crippen molar-refractivity contribution in [1.29, 1.82) is 0 Å². The molecule has 0 spiro atoms. The second-order valence-electron chi connectivity index (χ2n) is 4.97. The lowest BCUT2D eigenvalue weighted by molar-refractivity contribution is 0.553. The van der Waals surface area contributed by atoms with Gasteiger partial charge in [0.15, 0.2) is 0 Å². The van der Waals surface area contributed by atoms with Gasteiger partial charge in [-0.15, -0.1) is 0 Å². The first-order chi connectivity index (χ1) is 7.68. The van der Waals surface area contributed by atoms with Crippen LogP contribution < -0.4 is 5.32 Å². The van der Waals surface area contributed by atoms with Gasteiger partial charge in [-0.2, -0.15) is 0 Å². The third-order valence-electron chi connectivity index (χ3n) is 3.76. The molecule has 2 heteroatoms. The van der Waals surface area contributed by atoms with E-state index in [0.29, 0.717) is 5.92 Å². The van der Waals surface area contributed by atoms with Crippen molar-refractivity contribution in [1.82, 2.24) is 9.88 Å². The van der Waals surface area contributed by atoms with Crippen LogP contribution in [0.1, 0.15) is 29.7 Å². The number of fused-ring (bicyclic) bond motifs is 3. The fourth-order valence-electron chi connectivity index (χ4n) is 2.91. The number of nitrogens with one attached hydrogen (secondary N) is 1. The number of aryl methyl sites for hydroxylation is 2. The van der Waals surface area contributed by atoms with Crippen LogP contribution in [0, 0.1) is 6.92 Å². The van der Waals surface area contributed by atoms with Crippen LogP contribution in [0.15, 0.2) is 18.2 Å². The first-order valence-corrected chi connectivity index (χ1v) is 5.97. The van der Waals surface area contributed by atoms with Crippen LogP contribution in [-0.2, 0) is 13.6 Å². The van der Waals surface area contributed by atoms with Gasteiger partial charge in [-0.3, -0.25) is 0 Å². The third-order valence-corrected chi connectivity index (χ3v) is 3.76. The highest BCUT2D eigenvalue weighted by Crippen LogP contribution is 2.33. The molecular formula is C14H18N2. The summed E-state index contributed by atoms with van der Waals surface area (Å²) in [5, 5.41) is 4.94. The molecule has 0 radical (unpaired) electrons. The van der Waals surface area contributed by atoms with Gasteiger partial charge >= 0.3 is 0 Å². The van der Waals surface area contributed by atoms with Crippen LogP contribution in [0.5, 0.6) is 0 Å². The standard InChI is InChI=1S/C14H18N2/c1-9-4-5-12-11(6-9)14-10(2)7-15-8-13(14)16(12)3/h4-6,10,15H,7-8H2,1-3H3. The summed E-state index contributed by atoms with van der Waals surface area (Å²) in [6, 6.07) is 6.78. The Morgan fingerprint density at radius 2 is 2.19 bits per heavy atom. The van der Waals surface area contributed by atoms with Gasteiger partial charge in [0.05, 0.1) is 0 Å². The zero-order valence-corrected chi connectivity index (χ0v) is 10.2. The maximum absolute atomic E-state index is 3.49. The van der Waals surface area contributed by atoms with Gasteiger partial charge in [-0.05, 0) is 30.5 Å².